The molecule has 0 aliphatic carbocycles. The molecule has 1 unspecified atom stereocenters. The maximum Gasteiger partial charge on any atom is 0.253 e. The van der Waals surface area contributed by atoms with E-state index in [2.05, 4.69) is 26.1 Å². The Morgan fingerprint density at radius 1 is 1.41 bits per heavy atom. The molecule has 0 saturated carbocycles. The van der Waals surface area contributed by atoms with Crippen molar-refractivity contribution in [1.82, 2.24) is 5.32 Å². The summed E-state index contributed by atoms with van der Waals surface area (Å²) in [5, 5.41) is 12.1. The minimum Gasteiger partial charge on any atom is -0.508 e. The lowest BCUT2D eigenvalue weighted by atomic mass is 9.98. The lowest BCUT2D eigenvalue weighted by Gasteiger charge is -2.16. The number of hydrogen-bond donors (Lipinski definition) is 3. The Kier molecular flexibility index (Phi) is 4.37. The van der Waals surface area contributed by atoms with Gasteiger partial charge in [0.15, 0.2) is 0 Å². The zero-order valence-electron chi connectivity index (χ0n) is 10.5. The predicted octanol–water partition coefficient (Wildman–Crippen LogP) is 2.00. The molecule has 4 N–H and O–H groups in total. The van der Waals surface area contributed by atoms with Crippen molar-refractivity contribution in [1.29, 1.82) is 0 Å². The molecule has 0 fully saturated rings. The molecule has 0 bridgehead atoms. The fraction of sp³-hybridized carbons (Fsp3) is 0.462. The summed E-state index contributed by atoms with van der Waals surface area (Å²) >= 11 is 0. The Labute approximate surface area is 102 Å². The van der Waals surface area contributed by atoms with Gasteiger partial charge in [0, 0.05) is 12.2 Å². The van der Waals surface area contributed by atoms with E-state index in [1.54, 1.807) is 0 Å². The topological polar surface area (TPSA) is 75.3 Å². The molecule has 1 rings (SSSR count). The number of phenols is 1. The van der Waals surface area contributed by atoms with E-state index in [1.165, 1.54) is 18.2 Å². The van der Waals surface area contributed by atoms with Crippen molar-refractivity contribution in [3.05, 3.63) is 23.8 Å². The van der Waals surface area contributed by atoms with Crippen LogP contribution in [0.3, 0.4) is 0 Å². The summed E-state index contributed by atoms with van der Waals surface area (Å²) < 4.78 is 0. The molecule has 17 heavy (non-hydrogen) atoms. The van der Waals surface area contributed by atoms with E-state index in [0.29, 0.717) is 29.6 Å². The van der Waals surface area contributed by atoms with Crippen LogP contribution in [0, 0.1) is 11.8 Å². The lowest BCUT2D eigenvalue weighted by Crippen LogP contribution is -2.30. The van der Waals surface area contributed by atoms with E-state index in [0.717, 1.165) is 0 Å². The molecule has 0 spiro atoms. The molecule has 4 nitrogen and oxygen atoms in total. The number of nitrogens with one attached hydrogen (secondary N) is 1. The first-order chi connectivity index (χ1) is 7.91. The maximum atomic E-state index is 11.8. The van der Waals surface area contributed by atoms with Crippen LogP contribution in [0.2, 0.25) is 0 Å². The Hall–Kier alpha value is -1.71. The second-order valence-electron chi connectivity index (χ2n) is 4.70. The third kappa shape index (κ3) is 3.66. The first kappa shape index (κ1) is 13.4. The van der Waals surface area contributed by atoms with Crippen molar-refractivity contribution in [2.75, 3.05) is 12.3 Å². The van der Waals surface area contributed by atoms with Crippen molar-refractivity contribution in [3.8, 4) is 5.75 Å². The Morgan fingerprint density at radius 3 is 2.65 bits per heavy atom. The van der Waals surface area contributed by atoms with Gasteiger partial charge in [-0.2, -0.15) is 0 Å². The minimum absolute atomic E-state index is 0.0428. The summed E-state index contributed by atoms with van der Waals surface area (Å²) in [5.41, 5.74) is 6.38. The molecule has 1 amide bonds. The number of nitrogen functional groups attached to an aromatic ring is 1. The maximum absolute atomic E-state index is 11.8. The van der Waals surface area contributed by atoms with Gasteiger partial charge in [-0.25, -0.2) is 0 Å². The third-order valence-electron chi connectivity index (χ3n) is 3.00. The number of amides is 1. The highest BCUT2D eigenvalue weighted by Gasteiger charge is 2.13. The fourth-order valence-corrected chi connectivity index (χ4v) is 1.33. The summed E-state index contributed by atoms with van der Waals surface area (Å²) in [4.78, 5) is 11.8. The number of aromatic hydroxyl groups is 1. The van der Waals surface area contributed by atoms with Crippen molar-refractivity contribution >= 4 is 11.6 Å². The van der Waals surface area contributed by atoms with Crippen LogP contribution in [-0.4, -0.2) is 17.6 Å². The van der Waals surface area contributed by atoms with Crippen molar-refractivity contribution in [2.45, 2.75) is 20.8 Å². The van der Waals surface area contributed by atoms with Crippen LogP contribution in [-0.2, 0) is 0 Å². The Bertz CT molecular complexity index is 402. The van der Waals surface area contributed by atoms with Crippen LogP contribution in [0.15, 0.2) is 18.2 Å². The van der Waals surface area contributed by atoms with Gasteiger partial charge in [-0.15, -0.1) is 0 Å². The van der Waals surface area contributed by atoms with Gasteiger partial charge in [0.05, 0.1) is 5.56 Å². The largest absolute Gasteiger partial charge is 0.508 e. The second kappa shape index (κ2) is 5.57. The SMILES string of the molecule is CC(C)C(C)CNC(=O)c1cc(O)ccc1N. The van der Waals surface area contributed by atoms with Gasteiger partial charge in [0.2, 0.25) is 0 Å². The highest BCUT2D eigenvalue weighted by molar-refractivity contribution is 5.99. The van der Waals surface area contributed by atoms with E-state index >= 15 is 0 Å². The molecule has 1 aromatic carbocycles. The van der Waals surface area contributed by atoms with Gasteiger partial charge in [0.1, 0.15) is 5.75 Å². The van der Waals surface area contributed by atoms with Crippen LogP contribution in [0.1, 0.15) is 31.1 Å². The molecule has 94 valence electrons. The quantitative estimate of drug-likeness (QED) is 0.553. The van der Waals surface area contributed by atoms with Crippen LogP contribution in [0.4, 0.5) is 5.69 Å². The normalized spacial score (nSPS) is 12.5. The molecular formula is C13H20N2O2. The summed E-state index contributed by atoms with van der Waals surface area (Å²) in [5.74, 6) is 0.710. The van der Waals surface area contributed by atoms with Gasteiger partial charge in [-0.3, -0.25) is 4.79 Å². The van der Waals surface area contributed by atoms with Gasteiger partial charge in [-0.05, 0) is 30.0 Å². The van der Waals surface area contributed by atoms with Gasteiger partial charge < -0.3 is 16.2 Å². The van der Waals surface area contributed by atoms with E-state index < -0.39 is 0 Å². The third-order valence-corrected chi connectivity index (χ3v) is 3.00. The highest BCUT2D eigenvalue weighted by atomic mass is 16.3. The average molecular weight is 236 g/mol. The molecule has 0 heterocycles. The van der Waals surface area contributed by atoms with Crippen LogP contribution >= 0.6 is 0 Å². The predicted molar refractivity (Wildman–Crippen MR) is 68.9 cm³/mol. The number of hydrogen-bond acceptors (Lipinski definition) is 3. The minimum atomic E-state index is -0.245. The van der Waals surface area contributed by atoms with Crippen molar-refractivity contribution in [3.63, 3.8) is 0 Å². The van der Waals surface area contributed by atoms with Crippen molar-refractivity contribution in [2.24, 2.45) is 11.8 Å². The molecule has 0 aliphatic rings. The average Bonchev–Trinajstić information content (AvgIpc) is 2.28. The number of rotatable bonds is 4. The Morgan fingerprint density at radius 2 is 2.06 bits per heavy atom. The molecule has 4 heteroatoms. The standard InChI is InChI=1S/C13H20N2O2/c1-8(2)9(3)7-15-13(17)11-6-10(16)4-5-12(11)14/h4-6,8-9,16H,7,14H2,1-3H3,(H,15,17). The summed E-state index contributed by atoms with van der Waals surface area (Å²) in [6.45, 7) is 6.90. The first-order valence-corrected chi connectivity index (χ1v) is 5.78. The van der Waals surface area contributed by atoms with Crippen molar-refractivity contribution < 1.29 is 9.90 Å². The lowest BCUT2D eigenvalue weighted by molar-refractivity contribution is 0.0945. The van der Waals surface area contributed by atoms with Crippen LogP contribution in [0.5, 0.6) is 5.75 Å². The van der Waals surface area contributed by atoms with Gasteiger partial charge in [-0.1, -0.05) is 20.8 Å². The fourth-order valence-electron chi connectivity index (χ4n) is 1.33. The number of phenolic OH excluding ortho intramolecular Hbond substituents is 1. The zero-order chi connectivity index (χ0) is 13.0. The van der Waals surface area contributed by atoms with E-state index in [4.69, 9.17) is 5.73 Å². The number of carbonyl (C=O) groups is 1. The van der Waals surface area contributed by atoms with E-state index in [1.807, 2.05) is 0 Å². The molecular weight excluding hydrogens is 216 g/mol. The number of anilines is 1. The number of benzene rings is 1. The molecule has 0 aromatic heterocycles. The van der Waals surface area contributed by atoms with Crippen LogP contribution < -0.4 is 11.1 Å². The molecule has 0 saturated heterocycles. The van der Waals surface area contributed by atoms with Gasteiger partial charge >= 0.3 is 0 Å². The number of nitrogens with two attached hydrogens (primary N) is 1. The first-order valence-electron chi connectivity index (χ1n) is 5.78. The smallest absolute Gasteiger partial charge is 0.253 e. The van der Waals surface area contributed by atoms with E-state index in [-0.39, 0.29) is 11.7 Å². The van der Waals surface area contributed by atoms with E-state index in [9.17, 15) is 9.90 Å². The Balaban J connectivity index is 2.67. The summed E-state index contributed by atoms with van der Waals surface area (Å²) in [6.07, 6.45) is 0. The number of carbonyl (C=O) groups excluding carboxylic acids is 1. The monoisotopic (exact) mass is 236 g/mol. The molecule has 0 radical (unpaired) electrons. The highest BCUT2D eigenvalue weighted by Crippen LogP contribution is 2.18. The molecule has 1 aromatic rings. The van der Waals surface area contributed by atoms with Gasteiger partial charge in [0.25, 0.3) is 5.91 Å². The molecule has 0 aliphatic heterocycles. The summed E-state index contributed by atoms with van der Waals surface area (Å²) in [6, 6.07) is 4.36. The zero-order valence-corrected chi connectivity index (χ0v) is 10.5. The van der Waals surface area contributed by atoms with Crippen LogP contribution in [0.25, 0.3) is 0 Å². The summed E-state index contributed by atoms with van der Waals surface area (Å²) in [7, 11) is 0. The molecule has 1 atom stereocenters. The second-order valence-corrected chi connectivity index (χ2v) is 4.70.